The fraction of sp³-hybridized carbons (Fsp3) is 0.421. The number of hydrogen-bond donors (Lipinski definition) is 2. The van der Waals surface area contributed by atoms with Crippen LogP contribution in [-0.2, 0) is 6.54 Å². The van der Waals surface area contributed by atoms with Crippen LogP contribution in [-0.4, -0.2) is 21.9 Å². The molecule has 2 N–H and O–H groups in total. The van der Waals surface area contributed by atoms with Gasteiger partial charge in [-0.15, -0.1) is 0 Å². The Morgan fingerprint density at radius 1 is 1.20 bits per heavy atom. The maximum absolute atomic E-state index is 13.7. The first kappa shape index (κ1) is 17.3. The maximum atomic E-state index is 13.7. The number of amides is 1. The van der Waals surface area contributed by atoms with Crippen molar-refractivity contribution in [1.29, 1.82) is 0 Å². The van der Waals surface area contributed by atoms with Crippen LogP contribution < -0.4 is 10.6 Å². The van der Waals surface area contributed by atoms with Crippen LogP contribution in [0.2, 0.25) is 0 Å². The molecule has 0 aliphatic heterocycles. The van der Waals surface area contributed by atoms with Crippen LogP contribution in [0.25, 0.3) is 0 Å². The summed E-state index contributed by atoms with van der Waals surface area (Å²) >= 11 is 0. The van der Waals surface area contributed by atoms with E-state index in [4.69, 9.17) is 0 Å². The normalized spacial score (nSPS) is 15.0. The predicted octanol–water partition coefficient (Wildman–Crippen LogP) is 3.60. The first-order valence-corrected chi connectivity index (χ1v) is 8.75. The smallest absolute Gasteiger partial charge is 0.270 e. The third-order valence-corrected chi connectivity index (χ3v) is 4.42. The number of halogens is 1. The number of anilines is 1. The van der Waals surface area contributed by atoms with Crippen LogP contribution in [0.3, 0.4) is 0 Å². The van der Waals surface area contributed by atoms with Crippen LogP contribution in [0.1, 0.15) is 53.8 Å². The van der Waals surface area contributed by atoms with Gasteiger partial charge in [-0.1, -0.05) is 37.5 Å². The minimum atomic E-state index is -0.280. The van der Waals surface area contributed by atoms with Crippen molar-refractivity contribution in [2.45, 2.75) is 51.6 Å². The number of nitrogens with zero attached hydrogens (tertiary/aromatic N) is 2. The molecule has 0 saturated heterocycles. The molecule has 5 nitrogen and oxygen atoms in total. The van der Waals surface area contributed by atoms with Crippen LogP contribution in [0.4, 0.5) is 10.3 Å². The van der Waals surface area contributed by atoms with Crippen molar-refractivity contribution in [3.8, 4) is 0 Å². The van der Waals surface area contributed by atoms with Crippen molar-refractivity contribution in [3.05, 3.63) is 53.1 Å². The van der Waals surface area contributed by atoms with Crippen molar-refractivity contribution in [3.63, 3.8) is 0 Å². The summed E-state index contributed by atoms with van der Waals surface area (Å²) in [5.41, 5.74) is 1.56. The van der Waals surface area contributed by atoms with E-state index in [2.05, 4.69) is 20.6 Å². The number of carbonyl (C=O) groups excluding carboxylic acids is 1. The first-order chi connectivity index (χ1) is 12.1. The zero-order valence-electron chi connectivity index (χ0n) is 14.4. The first-order valence-electron chi connectivity index (χ1n) is 8.75. The van der Waals surface area contributed by atoms with Crippen LogP contribution in [0.15, 0.2) is 30.3 Å². The van der Waals surface area contributed by atoms with Crippen LogP contribution >= 0.6 is 0 Å². The van der Waals surface area contributed by atoms with Crippen molar-refractivity contribution in [2.75, 3.05) is 5.32 Å². The highest BCUT2D eigenvalue weighted by molar-refractivity contribution is 5.92. The van der Waals surface area contributed by atoms with Crippen molar-refractivity contribution in [2.24, 2.45) is 0 Å². The lowest BCUT2D eigenvalue weighted by atomic mass is 9.95. The van der Waals surface area contributed by atoms with Gasteiger partial charge in [0, 0.05) is 23.8 Å². The molecular formula is C19H23FN4O. The second kappa shape index (κ2) is 8.05. The minimum Gasteiger partial charge on any atom is -0.350 e. The number of benzene rings is 1. The summed E-state index contributed by atoms with van der Waals surface area (Å²) in [6, 6.07) is 8.44. The molecule has 1 amide bonds. The van der Waals surface area contributed by atoms with Gasteiger partial charge in [0.1, 0.15) is 11.5 Å². The molecule has 132 valence electrons. The molecular weight excluding hydrogens is 319 g/mol. The van der Waals surface area contributed by atoms with Gasteiger partial charge in [-0.25, -0.2) is 14.4 Å². The maximum Gasteiger partial charge on any atom is 0.270 e. The van der Waals surface area contributed by atoms with Gasteiger partial charge in [0.15, 0.2) is 0 Å². The summed E-state index contributed by atoms with van der Waals surface area (Å²) < 4.78 is 13.7. The fourth-order valence-electron chi connectivity index (χ4n) is 3.09. The Hall–Kier alpha value is -2.50. The van der Waals surface area contributed by atoms with E-state index in [9.17, 15) is 9.18 Å². The molecule has 0 atom stereocenters. The number of hydrogen-bond acceptors (Lipinski definition) is 4. The molecule has 1 aliphatic rings. The zero-order chi connectivity index (χ0) is 17.6. The average molecular weight is 342 g/mol. The summed E-state index contributed by atoms with van der Waals surface area (Å²) in [4.78, 5) is 21.0. The van der Waals surface area contributed by atoms with Crippen molar-refractivity contribution >= 4 is 11.9 Å². The highest BCUT2D eigenvalue weighted by Gasteiger charge is 2.18. The molecule has 25 heavy (non-hydrogen) atoms. The second-order valence-corrected chi connectivity index (χ2v) is 6.47. The van der Waals surface area contributed by atoms with Gasteiger partial charge < -0.3 is 10.6 Å². The summed E-state index contributed by atoms with van der Waals surface area (Å²) in [5, 5.41) is 6.05. The minimum absolute atomic E-state index is 0.175. The second-order valence-electron chi connectivity index (χ2n) is 6.47. The van der Waals surface area contributed by atoms with Gasteiger partial charge in [0.2, 0.25) is 5.95 Å². The highest BCUT2D eigenvalue weighted by atomic mass is 19.1. The van der Waals surface area contributed by atoms with Gasteiger partial charge in [-0.2, -0.15) is 0 Å². The Balaban J connectivity index is 1.67. The van der Waals surface area contributed by atoms with E-state index < -0.39 is 0 Å². The lowest BCUT2D eigenvalue weighted by molar-refractivity contribution is 0.0922. The monoisotopic (exact) mass is 342 g/mol. The van der Waals surface area contributed by atoms with E-state index in [-0.39, 0.29) is 24.3 Å². The molecule has 1 heterocycles. The Morgan fingerprint density at radius 2 is 1.96 bits per heavy atom. The molecule has 1 fully saturated rings. The number of aryl methyl sites for hydroxylation is 1. The molecule has 1 aromatic carbocycles. The molecule has 1 saturated carbocycles. The molecule has 0 unspecified atom stereocenters. The Kier molecular flexibility index (Phi) is 5.58. The van der Waals surface area contributed by atoms with Crippen molar-refractivity contribution < 1.29 is 9.18 Å². The van der Waals surface area contributed by atoms with E-state index in [1.807, 2.05) is 6.92 Å². The van der Waals surface area contributed by atoms with Gasteiger partial charge in [0.05, 0.1) is 0 Å². The lowest BCUT2D eigenvalue weighted by Crippen LogP contribution is -2.36. The van der Waals surface area contributed by atoms with Crippen LogP contribution in [0, 0.1) is 12.7 Å². The molecule has 1 aromatic heterocycles. The summed E-state index contributed by atoms with van der Waals surface area (Å²) in [7, 11) is 0. The fourth-order valence-corrected chi connectivity index (χ4v) is 3.09. The Morgan fingerprint density at radius 3 is 2.72 bits per heavy atom. The van der Waals surface area contributed by atoms with E-state index in [0.29, 0.717) is 22.9 Å². The summed E-state index contributed by atoms with van der Waals surface area (Å²) in [5.74, 6) is -0.124. The number of carbonyl (C=O) groups is 1. The van der Waals surface area contributed by atoms with E-state index >= 15 is 0 Å². The molecule has 2 aromatic rings. The third-order valence-electron chi connectivity index (χ3n) is 4.42. The molecule has 1 aliphatic carbocycles. The SMILES string of the molecule is Cc1cc(C(=O)NC2CCCCC2)nc(NCc2ccccc2F)n1. The molecule has 0 bridgehead atoms. The Labute approximate surface area is 147 Å². The highest BCUT2D eigenvalue weighted by Crippen LogP contribution is 2.18. The molecule has 3 rings (SSSR count). The zero-order valence-corrected chi connectivity index (χ0v) is 14.4. The topological polar surface area (TPSA) is 66.9 Å². The van der Waals surface area contributed by atoms with Gasteiger partial charge in [-0.05, 0) is 31.9 Å². The average Bonchev–Trinajstić information content (AvgIpc) is 2.61. The standard InChI is InChI=1S/C19H23FN4O/c1-13-11-17(18(25)23-15-8-3-2-4-9-15)24-19(22-13)21-12-14-7-5-6-10-16(14)20/h5-7,10-11,15H,2-4,8-9,12H2,1H3,(H,23,25)(H,21,22,24). The lowest BCUT2D eigenvalue weighted by Gasteiger charge is -2.22. The van der Waals surface area contributed by atoms with Gasteiger partial charge in [-0.3, -0.25) is 4.79 Å². The number of nitrogens with one attached hydrogen (secondary N) is 2. The number of rotatable bonds is 5. The molecule has 0 radical (unpaired) electrons. The number of aromatic nitrogens is 2. The molecule has 6 heteroatoms. The third kappa shape index (κ3) is 4.75. The van der Waals surface area contributed by atoms with E-state index in [1.54, 1.807) is 24.3 Å². The predicted molar refractivity (Wildman–Crippen MR) is 94.8 cm³/mol. The van der Waals surface area contributed by atoms with Crippen molar-refractivity contribution in [1.82, 2.24) is 15.3 Å². The summed E-state index contributed by atoms with van der Waals surface area (Å²) in [6.07, 6.45) is 5.60. The quantitative estimate of drug-likeness (QED) is 0.871. The Bertz CT molecular complexity index is 744. The van der Waals surface area contributed by atoms with Crippen LogP contribution in [0.5, 0.6) is 0 Å². The van der Waals surface area contributed by atoms with E-state index in [1.165, 1.54) is 12.5 Å². The molecule has 0 spiro atoms. The summed E-state index contributed by atoms with van der Waals surface area (Å²) in [6.45, 7) is 2.08. The van der Waals surface area contributed by atoms with Gasteiger partial charge in [0.25, 0.3) is 5.91 Å². The van der Waals surface area contributed by atoms with Gasteiger partial charge >= 0.3 is 0 Å². The largest absolute Gasteiger partial charge is 0.350 e. The van der Waals surface area contributed by atoms with E-state index in [0.717, 1.165) is 25.7 Å².